The Hall–Kier alpha value is -3.05. The Kier molecular flexibility index (Phi) is 7.88. The lowest BCUT2D eigenvalue weighted by Gasteiger charge is -2.22. The number of benzene rings is 3. The summed E-state index contributed by atoms with van der Waals surface area (Å²) in [4.78, 5) is 13.0. The molecule has 0 atom stereocenters. The lowest BCUT2D eigenvalue weighted by Crippen LogP contribution is -2.37. The van der Waals surface area contributed by atoms with E-state index < -0.39 is 32.5 Å². The van der Waals surface area contributed by atoms with Crippen molar-refractivity contribution in [2.24, 2.45) is 0 Å². The minimum absolute atomic E-state index is 0.00236. The molecule has 3 aromatic rings. The summed E-state index contributed by atoms with van der Waals surface area (Å²) in [5.41, 5.74) is 2.57. The molecule has 3 rings (SSSR count). The summed E-state index contributed by atoms with van der Waals surface area (Å²) in [7, 11) is -6.39. The second kappa shape index (κ2) is 10.5. The molecule has 0 aromatic heterocycles. The van der Waals surface area contributed by atoms with Crippen LogP contribution in [0.4, 0.5) is 5.69 Å². The van der Waals surface area contributed by atoms with Crippen molar-refractivity contribution in [1.29, 1.82) is 0 Å². The van der Waals surface area contributed by atoms with Crippen LogP contribution in [0.5, 0.6) is 0 Å². The summed E-state index contributed by atoms with van der Waals surface area (Å²) < 4.78 is 54.4. The van der Waals surface area contributed by atoms with Crippen molar-refractivity contribution in [3.05, 3.63) is 89.5 Å². The maximum Gasteiger partial charge on any atom is 0.243 e. The normalized spacial score (nSPS) is 12.0. The van der Waals surface area contributed by atoms with Gasteiger partial charge in [-0.25, -0.2) is 21.6 Å². The highest BCUT2D eigenvalue weighted by molar-refractivity contribution is 7.89. The molecule has 3 aromatic carbocycles. The number of carbonyl (C=O) groups is 1. The minimum Gasteiger partial charge on any atom is -0.325 e. The second-order valence-corrected chi connectivity index (χ2v) is 11.6. The number of aryl methyl sites for hydroxylation is 2. The van der Waals surface area contributed by atoms with E-state index in [9.17, 15) is 21.6 Å². The average molecular weight is 502 g/mol. The first-order valence-electron chi connectivity index (χ1n) is 10.5. The molecule has 0 saturated heterocycles. The summed E-state index contributed by atoms with van der Waals surface area (Å²) >= 11 is 0. The SMILES string of the molecule is CNS(=O)(=O)c1ccc(C)c(NC(=O)CN(Cc2ccccc2)S(=O)(=O)c2ccc(C)cc2)c1. The molecule has 0 heterocycles. The highest BCUT2D eigenvalue weighted by Crippen LogP contribution is 2.22. The molecule has 0 saturated carbocycles. The second-order valence-electron chi connectivity index (χ2n) is 7.80. The first kappa shape index (κ1) is 25.6. The third-order valence-corrected chi connectivity index (χ3v) is 8.46. The van der Waals surface area contributed by atoms with Crippen LogP contribution in [0.2, 0.25) is 0 Å². The zero-order valence-electron chi connectivity index (χ0n) is 19.1. The van der Waals surface area contributed by atoms with Gasteiger partial charge in [0.2, 0.25) is 26.0 Å². The van der Waals surface area contributed by atoms with E-state index in [1.807, 2.05) is 13.0 Å². The Morgan fingerprint density at radius 1 is 0.853 bits per heavy atom. The number of hydrogen-bond acceptors (Lipinski definition) is 5. The van der Waals surface area contributed by atoms with Gasteiger partial charge in [0, 0.05) is 12.2 Å². The first-order valence-corrected chi connectivity index (χ1v) is 13.4. The van der Waals surface area contributed by atoms with Crippen LogP contribution in [0.25, 0.3) is 0 Å². The minimum atomic E-state index is -3.98. The maximum absolute atomic E-state index is 13.4. The van der Waals surface area contributed by atoms with Gasteiger partial charge in [0.1, 0.15) is 0 Å². The van der Waals surface area contributed by atoms with E-state index in [-0.39, 0.29) is 22.0 Å². The van der Waals surface area contributed by atoms with Crippen LogP contribution in [0.3, 0.4) is 0 Å². The third kappa shape index (κ3) is 6.09. The molecule has 0 aliphatic carbocycles. The molecule has 0 aliphatic rings. The zero-order chi connectivity index (χ0) is 24.9. The smallest absolute Gasteiger partial charge is 0.243 e. The number of sulfonamides is 2. The number of nitrogens with zero attached hydrogens (tertiary/aromatic N) is 1. The summed E-state index contributed by atoms with van der Waals surface area (Å²) in [6, 6.07) is 19.7. The summed E-state index contributed by atoms with van der Waals surface area (Å²) in [6.45, 7) is 3.12. The summed E-state index contributed by atoms with van der Waals surface area (Å²) in [6.07, 6.45) is 0. The molecule has 180 valence electrons. The third-order valence-electron chi connectivity index (χ3n) is 5.24. The van der Waals surface area contributed by atoms with Crippen LogP contribution in [0, 0.1) is 13.8 Å². The number of anilines is 1. The van der Waals surface area contributed by atoms with Crippen molar-refractivity contribution >= 4 is 31.6 Å². The molecule has 1 amide bonds. The van der Waals surface area contributed by atoms with Crippen molar-refractivity contribution in [2.45, 2.75) is 30.2 Å². The van der Waals surface area contributed by atoms with E-state index in [0.29, 0.717) is 5.56 Å². The van der Waals surface area contributed by atoms with E-state index in [4.69, 9.17) is 0 Å². The monoisotopic (exact) mass is 501 g/mol. The van der Waals surface area contributed by atoms with Crippen molar-refractivity contribution in [1.82, 2.24) is 9.03 Å². The molecule has 0 aliphatic heterocycles. The van der Waals surface area contributed by atoms with Gasteiger partial charge in [-0.15, -0.1) is 0 Å². The Labute approximate surface area is 200 Å². The fourth-order valence-electron chi connectivity index (χ4n) is 3.24. The Morgan fingerprint density at radius 2 is 1.47 bits per heavy atom. The first-order chi connectivity index (χ1) is 16.0. The number of amides is 1. The highest BCUT2D eigenvalue weighted by atomic mass is 32.2. The number of nitrogens with one attached hydrogen (secondary N) is 2. The fraction of sp³-hybridized carbons (Fsp3) is 0.208. The average Bonchev–Trinajstić information content (AvgIpc) is 2.81. The van der Waals surface area contributed by atoms with E-state index in [1.165, 1.54) is 31.3 Å². The van der Waals surface area contributed by atoms with Gasteiger partial charge in [-0.3, -0.25) is 4.79 Å². The highest BCUT2D eigenvalue weighted by Gasteiger charge is 2.27. The maximum atomic E-state index is 13.4. The van der Waals surface area contributed by atoms with Gasteiger partial charge in [0.05, 0.1) is 16.3 Å². The Balaban J connectivity index is 1.90. The van der Waals surface area contributed by atoms with E-state index >= 15 is 0 Å². The predicted molar refractivity (Wildman–Crippen MR) is 131 cm³/mol. The van der Waals surface area contributed by atoms with Gasteiger partial charge in [-0.1, -0.05) is 54.1 Å². The van der Waals surface area contributed by atoms with Crippen LogP contribution in [0.15, 0.2) is 82.6 Å². The van der Waals surface area contributed by atoms with Crippen LogP contribution < -0.4 is 10.0 Å². The molecule has 0 bridgehead atoms. The van der Waals surface area contributed by atoms with Crippen molar-refractivity contribution in [3.63, 3.8) is 0 Å². The van der Waals surface area contributed by atoms with E-state index in [0.717, 1.165) is 15.4 Å². The Morgan fingerprint density at radius 3 is 2.09 bits per heavy atom. The van der Waals surface area contributed by atoms with E-state index in [2.05, 4.69) is 10.0 Å². The van der Waals surface area contributed by atoms with Gasteiger partial charge in [0.25, 0.3) is 0 Å². The van der Waals surface area contributed by atoms with Crippen LogP contribution in [-0.4, -0.2) is 40.6 Å². The molecule has 2 N–H and O–H groups in total. The van der Waals surface area contributed by atoms with Crippen LogP contribution in [0.1, 0.15) is 16.7 Å². The molecule has 8 nitrogen and oxygen atoms in total. The molecule has 0 fully saturated rings. The van der Waals surface area contributed by atoms with Crippen molar-refractivity contribution in [3.8, 4) is 0 Å². The molecule has 0 unspecified atom stereocenters. The standard InChI is InChI=1S/C24H27N3O5S2/c1-18-9-12-21(13-10-18)34(31,32)27(16-20-7-5-4-6-8-20)17-24(28)26-23-15-22(14-11-19(23)2)33(29,30)25-3/h4-15,25H,16-17H2,1-3H3,(H,26,28). The van der Waals surface area contributed by atoms with Gasteiger partial charge in [-0.2, -0.15) is 4.31 Å². The predicted octanol–water partition coefficient (Wildman–Crippen LogP) is 3.04. The topological polar surface area (TPSA) is 113 Å². The fourth-order valence-corrected chi connectivity index (χ4v) is 5.38. The van der Waals surface area contributed by atoms with Gasteiger partial charge < -0.3 is 5.32 Å². The van der Waals surface area contributed by atoms with Gasteiger partial charge in [-0.05, 0) is 56.3 Å². The molecule has 0 radical (unpaired) electrons. The molecule has 0 spiro atoms. The van der Waals surface area contributed by atoms with Crippen LogP contribution in [-0.2, 0) is 31.4 Å². The lowest BCUT2D eigenvalue weighted by molar-refractivity contribution is -0.116. The molecule has 10 heteroatoms. The Bertz CT molecular complexity index is 1370. The zero-order valence-corrected chi connectivity index (χ0v) is 20.8. The van der Waals surface area contributed by atoms with Crippen molar-refractivity contribution in [2.75, 3.05) is 18.9 Å². The summed E-state index contributed by atoms with van der Waals surface area (Å²) in [5, 5.41) is 2.66. The molecular weight excluding hydrogens is 474 g/mol. The molecular formula is C24H27N3O5S2. The molecule has 34 heavy (non-hydrogen) atoms. The largest absolute Gasteiger partial charge is 0.325 e. The quantitative estimate of drug-likeness (QED) is 0.468. The summed E-state index contributed by atoms with van der Waals surface area (Å²) in [5.74, 6) is -0.589. The number of rotatable bonds is 9. The van der Waals surface area contributed by atoms with Crippen molar-refractivity contribution < 1.29 is 21.6 Å². The van der Waals surface area contributed by atoms with Gasteiger partial charge >= 0.3 is 0 Å². The number of hydrogen-bond donors (Lipinski definition) is 2. The van der Waals surface area contributed by atoms with E-state index in [1.54, 1.807) is 49.4 Å². The lowest BCUT2D eigenvalue weighted by atomic mass is 10.2. The van der Waals surface area contributed by atoms with Gasteiger partial charge in [0.15, 0.2) is 0 Å². The van der Waals surface area contributed by atoms with Crippen LogP contribution >= 0.6 is 0 Å². The number of carbonyl (C=O) groups excluding carboxylic acids is 1.